The largest absolute Gasteiger partial charge is 0.493 e. The molecule has 1 amide bonds. The van der Waals surface area contributed by atoms with Crippen LogP contribution in [-0.2, 0) is 11.2 Å². The molecule has 0 radical (unpaired) electrons. The Balaban J connectivity index is 1.17. The SMILES string of the molecule is O=C(/C=C/c1ccc2c(c1)CCO2)NCCN1CCN(c2ncccn2)CC1. The maximum absolute atomic E-state index is 12.1. The topological polar surface area (TPSA) is 70.6 Å². The maximum Gasteiger partial charge on any atom is 0.244 e. The summed E-state index contributed by atoms with van der Waals surface area (Å²) in [5.74, 6) is 1.69. The lowest BCUT2D eigenvalue weighted by Crippen LogP contribution is -2.48. The number of piperazine rings is 1. The first kappa shape index (κ1) is 18.4. The molecule has 28 heavy (non-hydrogen) atoms. The molecule has 0 atom stereocenters. The minimum absolute atomic E-state index is 0.0620. The van der Waals surface area contributed by atoms with Gasteiger partial charge in [-0.15, -0.1) is 0 Å². The van der Waals surface area contributed by atoms with E-state index in [4.69, 9.17) is 4.74 Å². The average molecular weight is 379 g/mol. The third-order valence-corrected chi connectivity index (χ3v) is 5.08. The molecule has 2 aliphatic heterocycles. The minimum atomic E-state index is -0.0620. The van der Waals surface area contributed by atoms with Gasteiger partial charge in [-0.25, -0.2) is 9.97 Å². The van der Waals surface area contributed by atoms with E-state index >= 15 is 0 Å². The molecule has 2 aliphatic rings. The quantitative estimate of drug-likeness (QED) is 0.765. The number of amides is 1. The summed E-state index contributed by atoms with van der Waals surface area (Å²) in [6.07, 6.45) is 7.93. The van der Waals surface area contributed by atoms with E-state index in [-0.39, 0.29) is 5.91 Å². The second kappa shape index (κ2) is 8.84. The monoisotopic (exact) mass is 379 g/mol. The van der Waals surface area contributed by atoms with Crippen molar-refractivity contribution in [3.63, 3.8) is 0 Å². The number of benzene rings is 1. The van der Waals surface area contributed by atoms with Gasteiger partial charge in [-0.05, 0) is 35.4 Å². The van der Waals surface area contributed by atoms with E-state index in [1.165, 1.54) is 5.56 Å². The molecule has 1 N–H and O–H groups in total. The molecule has 2 aromatic rings. The third-order valence-electron chi connectivity index (χ3n) is 5.08. The van der Waals surface area contributed by atoms with Crippen molar-refractivity contribution in [3.05, 3.63) is 53.9 Å². The van der Waals surface area contributed by atoms with Crippen LogP contribution in [0.2, 0.25) is 0 Å². The number of hydrogen-bond donors (Lipinski definition) is 1. The lowest BCUT2D eigenvalue weighted by molar-refractivity contribution is -0.116. The zero-order valence-electron chi connectivity index (χ0n) is 15.9. The Morgan fingerprint density at radius 1 is 1.18 bits per heavy atom. The van der Waals surface area contributed by atoms with Gasteiger partial charge in [0.1, 0.15) is 5.75 Å². The molecule has 4 rings (SSSR count). The van der Waals surface area contributed by atoms with Crippen molar-refractivity contribution in [3.8, 4) is 5.75 Å². The second-order valence-corrected chi connectivity index (χ2v) is 6.97. The molecular weight excluding hydrogens is 354 g/mol. The van der Waals surface area contributed by atoms with Gasteiger partial charge in [0.25, 0.3) is 0 Å². The fourth-order valence-electron chi connectivity index (χ4n) is 3.50. The van der Waals surface area contributed by atoms with Crippen molar-refractivity contribution in [2.75, 3.05) is 50.8 Å². The number of hydrogen-bond acceptors (Lipinski definition) is 6. The Morgan fingerprint density at radius 2 is 2.00 bits per heavy atom. The van der Waals surface area contributed by atoms with Crippen LogP contribution in [0.4, 0.5) is 5.95 Å². The van der Waals surface area contributed by atoms with Crippen molar-refractivity contribution >= 4 is 17.9 Å². The number of aromatic nitrogens is 2. The standard InChI is InChI=1S/C21H25N5O2/c27-20(5-3-17-2-4-19-18(16-17)6-15-28-19)22-9-10-25-11-13-26(14-12-25)21-23-7-1-8-24-21/h1-5,7-8,16H,6,9-15H2,(H,22,27)/b5-3+. The zero-order valence-corrected chi connectivity index (χ0v) is 15.9. The van der Waals surface area contributed by atoms with Gasteiger partial charge in [-0.2, -0.15) is 0 Å². The molecule has 3 heterocycles. The number of carbonyl (C=O) groups is 1. The average Bonchev–Trinajstić information content (AvgIpc) is 3.21. The smallest absolute Gasteiger partial charge is 0.244 e. The van der Waals surface area contributed by atoms with Gasteiger partial charge in [0.15, 0.2) is 0 Å². The van der Waals surface area contributed by atoms with Crippen molar-refractivity contribution in [1.29, 1.82) is 0 Å². The summed E-state index contributed by atoms with van der Waals surface area (Å²) < 4.78 is 5.50. The van der Waals surface area contributed by atoms with Gasteiger partial charge in [0, 0.05) is 64.2 Å². The molecule has 7 nitrogen and oxygen atoms in total. The van der Waals surface area contributed by atoms with Crippen LogP contribution in [-0.4, -0.2) is 66.7 Å². The third kappa shape index (κ3) is 4.67. The molecule has 0 bridgehead atoms. The summed E-state index contributed by atoms with van der Waals surface area (Å²) in [5, 5.41) is 2.97. The summed E-state index contributed by atoms with van der Waals surface area (Å²) in [6, 6.07) is 7.86. The predicted octanol–water partition coefficient (Wildman–Crippen LogP) is 1.36. The number of ether oxygens (including phenoxy) is 1. The normalized spacial score (nSPS) is 16.8. The Morgan fingerprint density at radius 3 is 2.82 bits per heavy atom. The van der Waals surface area contributed by atoms with E-state index in [1.807, 2.05) is 24.3 Å². The van der Waals surface area contributed by atoms with Crippen LogP contribution < -0.4 is 15.0 Å². The fourth-order valence-corrected chi connectivity index (χ4v) is 3.50. The zero-order chi connectivity index (χ0) is 19.2. The van der Waals surface area contributed by atoms with Gasteiger partial charge >= 0.3 is 0 Å². The molecule has 7 heteroatoms. The second-order valence-electron chi connectivity index (χ2n) is 6.97. The van der Waals surface area contributed by atoms with Gasteiger partial charge in [-0.1, -0.05) is 6.07 Å². The lowest BCUT2D eigenvalue weighted by Gasteiger charge is -2.34. The van der Waals surface area contributed by atoms with Crippen LogP contribution in [0.3, 0.4) is 0 Å². The molecule has 0 spiro atoms. The Bertz CT molecular complexity index is 832. The number of nitrogens with zero attached hydrogens (tertiary/aromatic N) is 4. The summed E-state index contributed by atoms with van der Waals surface area (Å²) in [6.45, 7) is 5.93. The highest BCUT2D eigenvalue weighted by Gasteiger charge is 2.18. The number of rotatable bonds is 6. The lowest BCUT2D eigenvalue weighted by atomic mass is 10.1. The first-order valence-corrected chi connectivity index (χ1v) is 9.74. The summed E-state index contributed by atoms with van der Waals surface area (Å²) in [4.78, 5) is 25.2. The van der Waals surface area contributed by atoms with Crippen molar-refractivity contribution < 1.29 is 9.53 Å². The predicted molar refractivity (Wildman–Crippen MR) is 108 cm³/mol. The molecule has 1 fully saturated rings. The van der Waals surface area contributed by atoms with E-state index in [2.05, 4.69) is 31.2 Å². The Hall–Kier alpha value is -2.93. The van der Waals surface area contributed by atoms with Gasteiger partial charge in [0.2, 0.25) is 11.9 Å². The maximum atomic E-state index is 12.1. The fraction of sp³-hybridized carbons (Fsp3) is 0.381. The van der Waals surface area contributed by atoms with Crippen LogP contribution in [0.15, 0.2) is 42.7 Å². The molecule has 0 unspecified atom stereocenters. The van der Waals surface area contributed by atoms with E-state index in [0.717, 1.165) is 63.0 Å². The summed E-state index contributed by atoms with van der Waals surface area (Å²) >= 11 is 0. The Kier molecular flexibility index (Phi) is 5.82. The summed E-state index contributed by atoms with van der Waals surface area (Å²) in [7, 11) is 0. The molecule has 1 saturated heterocycles. The number of nitrogens with one attached hydrogen (secondary N) is 1. The van der Waals surface area contributed by atoms with Crippen LogP contribution in [0, 0.1) is 0 Å². The first-order valence-electron chi connectivity index (χ1n) is 9.74. The highest BCUT2D eigenvalue weighted by Crippen LogP contribution is 2.26. The summed E-state index contributed by atoms with van der Waals surface area (Å²) in [5.41, 5.74) is 2.24. The van der Waals surface area contributed by atoms with Gasteiger partial charge in [0.05, 0.1) is 6.61 Å². The van der Waals surface area contributed by atoms with E-state index < -0.39 is 0 Å². The van der Waals surface area contributed by atoms with Crippen LogP contribution in [0.1, 0.15) is 11.1 Å². The Labute approximate surface area is 165 Å². The van der Waals surface area contributed by atoms with Crippen LogP contribution >= 0.6 is 0 Å². The molecule has 0 aliphatic carbocycles. The molecule has 1 aromatic carbocycles. The van der Waals surface area contributed by atoms with Gasteiger partial charge in [-0.3, -0.25) is 9.69 Å². The van der Waals surface area contributed by atoms with Crippen molar-refractivity contribution in [2.45, 2.75) is 6.42 Å². The van der Waals surface area contributed by atoms with Crippen molar-refractivity contribution in [1.82, 2.24) is 20.2 Å². The van der Waals surface area contributed by atoms with E-state index in [0.29, 0.717) is 6.54 Å². The number of fused-ring (bicyclic) bond motifs is 1. The van der Waals surface area contributed by atoms with Crippen LogP contribution in [0.5, 0.6) is 5.75 Å². The number of anilines is 1. The van der Waals surface area contributed by atoms with E-state index in [1.54, 1.807) is 18.5 Å². The molecule has 146 valence electrons. The highest BCUT2D eigenvalue weighted by molar-refractivity contribution is 5.91. The molecule has 1 aromatic heterocycles. The highest BCUT2D eigenvalue weighted by atomic mass is 16.5. The van der Waals surface area contributed by atoms with Crippen LogP contribution in [0.25, 0.3) is 6.08 Å². The molecule has 0 saturated carbocycles. The number of carbonyl (C=O) groups excluding carboxylic acids is 1. The minimum Gasteiger partial charge on any atom is -0.493 e. The first-order chi connectivity index (χ1) is 13.8. The van der Waals surface area contributed by atoms with Gasteiger partial charge < -0.3 is 15.0 Å². The molecular formula is C21H25N5O2. The van der Waals surface area contributed by atoms with E-state index in [9.17, 15) is 4.79 Å². The van der Waals surface area contributed by atoms with Crippen molar-refractivity contribution in [2.24, 2.45) is 0 Å².